The molecule has 3 rings (SSSR count). The summed E-state index contributed by atoms with van der Waals surface area (Å²) in [7, 11) is 4.90. The van der Waals surface area contributed by atoms with Crippen LogP contribution in [0.15, 0.2) is 24.3 Å². The second kappa shape index (κ2) is 9.78. The molecular formula is C22H32N4O3. The summed E-state index contributed by atoms with van der Waals surface area (Å²) >= 11 is 0. The average molecular weight is 401 g/mol. The molecule has 1 unspecified atom stereocenters. The van der Waals surface area contributed by atoms with Crippen molar-refractivity contribution < 1.29 is 14.2 Å². The third-order valence-electron chi connectivity index (χ3n) is 5.52. The Bertz CT molecular complexity index is 815. The Kier molecular flexibility index (Phi) is 7.14. The van der Waals surface area contributed by atoms with E-state index < -0.39 is 0 Å². The van der Waals surface area contributed by atoms with Gasteiger partial charge in [0.2, 0.25) is 5.88 Å². The van der Waals surface area contributed by atoms with Gasteiger partial charge in [-0.3, -0.25) is 4.90 Å². The summed E-state index contributed by atoms with van der Waals surface area (Å²) in [5.74, 6) is 2.41. The second-order valence-corrected chi connectivity index (χ2v) is 7.55. The molecule has 1 aliphatic heterocycles. The summed E-state index contributed by atoms with van der Waals surface area (Å²) in [6, 6.07) is 8.18. The van der Waals surface area contributed by atoms with Gasteiger partial charge >= 0.3 is 0 Å². The standard InChI is InChI=1S/C22H32N4O3/c1-15-11-18(12-21(24-15)28-4)23-13-17-7-6-10-26(14-17)16(2)19-8-9-20(27-3)22(25-19)29-5/h8-9,11-12,16-17H,6-7,10,13-14H2,1-5H3,(H,23,24)/t16?,17-/m0/s1. The van der Waals surface area contributed by atoms with E-state index in [1.165, 1.54) is 12.8 Å². The van der Waals surface area contributed by atoms with Crippen LogP contribution in [-0.4, -0.2) is 55.8 Å². The molecule has 158 valence electrons. The van der Waals surface area contributed by atoms with Gasteiger partial charge in [-0.2, -0.15) is 0 Å². The van der Waals surface area contributed by atoms with Gasteiger partial charge in [-0.1, -0.05) is 0 Å². The monoisotopic (exact) mass is 400 g/mol. The molecule has 0 aliphatic carbocycles. The first-order valence-corrected chi connectivity index (χ1v) is 10.1. The van der Waals surface area contributed by atoms with Crippen LogP contribution in [0.25, 0.3) is 0 Å². The first kappa shape index (κ1) is 21.2. The van der Waals surface area contributed by atoms with E-state index in [1.54, 1.807) is 21.3 Å². The minimum Gasteiger partial charge on any atom is -0.491 e. The summed E-state index contributed by atoms with van der Waals surface area (Å²) in [5, 5.41) is 3.56. The highest BCUT2D eigenvalue weighted by molar-refractivity contribution is 5.47. The van der Waals surface area contributed by atoms with Crippen molar-refractivity contribution in [2.75, 3.05) is 46.3 Å². The number of nitrogens with one attached hydrogen (secondary N) is 1. The molecule has 0 amide bonds. The third kappa shape index (κ3) is 5.29. The summed E-state index contributed by atoms with van der Waals surface area (Å²) in [6.07, 6.45) is 2.40. The maximum atomic E-state index is 5.37. The number of pyridine rings is 2. The topological polar surface area (TPSA) is 68.7 Å². The Morgan fingerprint density at radius 1 is 1.14 bits per heavy atom. The van der Waals surface area contributed by atoms with Gasteiger partial charge in [0, 0.05) is 36.6 Å². The molecule has 0 saturated carbocycles. The molecule has 7 heteroatoms. The van der Waals surface area contributed by atoms with E-state index in [4.69, 9.17) is 14.2 Å². The lowest BCUT2D eigenvalue weighted by atomic mass is 9.96. The van der Waals surface area contributed by atoms with E-state index in [9.17, 15) is 0 Å². The van der Waals surface area contributed by atoms with Gasteiger partial charge in [-0.05, 0) is 57.4 Å². The Hall–Kier alpha value is -2.54. The number of likely N-dealkylation sites (tertiary alicyclic amines) is 1. The van der Waals surface area contributed by atoms with Gasteiger partial charge in [0.05, 0.1) is 27.0 Å². The normalized spacial score (nSPS) is 18.2. The third-order valence-corrected chi connectivity index (χ3v) is 5.52. The summed E-state index contributed by atoms with van der Waals surface area (Å²) in [6.45, 7) is 7.23. The van der Waals surface area contributed by atoms with Crippen LogP contribution >= 0.6 is 0 Å². The zero-order chi connectivity index (χ0) is 20.8. The fourth-order valence-electron chi connectivity index (χ4n) is 3.89. The van der Waals surface area contributed by atoms with Crippen molar-refractivity contribution in [1.29, 1.82) is 0 Å². The fourth-order valence-corrected chi connectivity index (χ4v) is 3.89. The number of hydrogen-bond donors (Lipinski definition) is 1. The van der Waals surface area contributed by atoms with Crippen LogP contribution in [0.2, 0.25) is 0 Å². The first-order chi connectivity index (χ1) is 14.0. The molecule has 1 aliphatic rings. The van der Waals surface area contributed by atoms with Crippen LogP contribution in [0, 0.1) is 12.8 Å². The molecule has 1 fully saturated rings. The van der Waals surface area contributed by atoms with Crippen LogP contribution in [-0.2, 0) is 0 Å². The van der Waals surface area contributed by atoms with Gasteiger partial charge in [0.1, 0.15) is 0 Å². The molecule has 3 heterocycles. The number of hydrogen-bond acceptors (Lipinski definition) is 7. The highest BCUT2D eigenvalue weighted by atomic mass is 16.5. The van der Waals surface area contributed by atoms with Gasteiger partial charge in [0.15, 0.2) is 5.75 Å². The molecule has 0 bridgehead atoms. The number of aryl methyl sites for hydroxylation is 1. The molecule has 0 radical (unpaired) electrons. The van der Waals surface area contributed by atoms with Crippen molar-refractivity contribution in [2.24, 2.45) is 5.92 Å². The van der Waals surface area contributed by atoms with Gasteiger partial charge < -0.3 is 19.5 Å². The number of ether oxygens (including phenoxy) is 3. The summed E-state index contributed by atoms with van der Waals surface area (Å²) < 4.78 is 16.0. The zero-order valence-electron chi connectivity index (χ0n) is 18.1. The highest BCUT2D eigenvalue weighted by Crippen LogP contribution is 2.30. The molecule has 29 heavy (non-hydrogen) atoms. The lowest BCUT2D eigenvalue weighted by molar-refractivity contribution is 0.133. The van der Waals surface area contributed by atoms with Crippen LogP contribution in [0.4, 0.5) is 5.69 Å². The van der Waals surface area contributed by atoms with Crippen molar-refractivity contribution in [3.05, 3.63) is 35.7 Å². The molecule has 1 N–H and O–H groups in total. The smallest absolute Gasteiger partial charge is 0.257 e. The number of rotatable bonds is 8. The minimum atomic E-state index is 0.223. The van der Waals surface area contributed by atoms with Gasteiger partial charge in [-0.15, -0.1) is 0 Å². The van der Waals surface area contributed by atoms with Crippen LogP contribution in [0.3, 0.4) is 0 Å². The van der Waals surface area contributed by atoms with Gasteiger partial charge in [0.25, 0.3) is 5.88 Å². The number of nitrogens with zero attached hydrogens (tertiary/aromatic N) is 3. The van der Waals surface area contributed by atoms with E-state index in [0.717, 1.165) is 36.7 Å². The van der Waals surface area contributed by atoms with Gasteiger partial charge in [-0.25, -0.2) is 9.97 Å². The highest BCUT2D eigenvalue weighted by Gasteiger charge is 2.25. The number of methoxy groups -OCH3 is 3. The zero-order valence-corrected chi connectivity index (χ0v) is 18.1. The van der Waals surface area contributed by atoms with Crippen molar-refractivity contribution in [3.63, 3.8) is 0 Å². The molecule has 0 aromatic carbocycles. The first-order valence-electron chi connectivity index (χ1n) is 10.1. The van der Waals surface area contributed by atoms with Crippen molar-refractivity contribution in [3.8, 4) is 17.5 Å². The fraction of sp³-hybridized carbons (Fsp3) is 0.545. The molecule has 2 aromatic heterocycles. The summed E-state index contributed by atoms with van der Waals surface area (Å²) in [4.78, 5) is 11.5. The van der Waals surface area contributed by atoms with E-state index in [0.29, 0.717) is 23.4 Å². The molecule has 2 atom stereocenters. The van der Waals surface area contributed by atoms with Crippen LogP contribution in [0.5, 0.6) is 17.5 Å². The van der Waals surface area contributed by atoms with Crippen molar-refractivity contribution >= 4 is 5.69 Å². The maximum Gasteiger partial charge on any atom is 0.257 e. The average Bonchev–Trinajstić information content (AvgIpc) is 2.76. The Labute approximate surface area is 173 Å². The minimum absolute atomic E-state index is 0.223. The molecule has 1 saturated heterocycles. The Morgan fingerprint density at radius 3 is 2.69 bits per heavy atom. The maximum absolute atomic E-state index is 5.37. The lowest BCUT2D eigenvalue weighted by Crippen LogP contribution is -2.39. The number of piperidine rings is 1. The van der Waals surface area contributed by atoms with Crippen LogP contribution < -0.4 is 19.5 Å². The summed E-state index contributed by atoms with van der Waals surface area (Å²) in [5.41, 5.74) is 3.01. The number of aromatic nitrogens is 2. The Balaban J connectivity index is 1.62. The SMILES string of the molecule is COc1cc(NC[C@@H]2CCCN(C(C)c3ccc(OC)c(OC)n3)C2)cc(C)n1. The molecule has 7 nitrogen and oxygen atoms in total. The largest absolute Gasteiger partial charge is 0.491 e. The predicted octanol–water partition coefficient (Wildman–Crippen LogP) is 3.70. The van der Waals surface area contributed by atoms with E-state index >= 15 is 0 Å². The Morgan fingerprint density at radius 2 is 1.97 bits per heavy atom. The molecule has 2 aromatic rings. The van der Waals surface area contributed by atoms with Crippen molar-refractivity contribution in [1.82, 2.24) is 14.9 Å². The number of anilines is 1. The quantitative estimate of drug-likeness (QED) is 0.725. The molecule has 0 spiro atoms. The predicted molar refractivity (Wildman–Crippen MR) is 114 cm³/mol. The molecular weight excluding hydrogens is 368 g/mol. The van der Waals surface area contributed by atoms with Crippen LogP contribution in [0.1, 0.15) is 37.2 Å². The van der Waals surface area contributed by atoms with E-state index in [1.807, 2.05) is 25.1 Å². The van der Waals surface area contributed by atoms with Crippen molar-refractivity contribution in [2.45, 2.75) is 32.7 Å². The second-order valence-electron chi connectivity index (χ2n) is 7.55. The lowest BCUT2D eigenvalue weighted by Gasteiger charge is -2.36. The van der Waals surface area contributed by atoms with E-state index in [2.05, 4.69) is 33.2 Å². The van der Waals surface area contributed by atoms with E-state index in [-0.39, 0.29) is 6.04 Å².